The molecule has 0 aliphatic carbocycles. The smallest absolute Gasteiger partial charge is 0.338 e. The second-order valence-corrected chi connectivity index (χ2v) is 2.92. The van der Waals surface area contributed by atoms with Crippen LogP contribution in [-0.2, 0) is 4.74 Å². The molecule has 1 rings (SSSR count). The highest BCUT2D eigenvalue weighted by atomic mass is 79.9. The predicted octanol–water partition coefficient (Wildman–Crippen LogP) is 3.13. The van der Waals surface area contributed by atoms with Gasteiger partial charge in [-0.1, -0.05) is 12.1 Å². The van der Waals surface area contributed by atoms with Gasteiger partial charge in [0.25, 0.3) is 6.43 Å². The largest absolute Gasteiger partial charge is 0.450 e. The maximum absolute atomic E-state index is 12.2. The zero-order valence-corrected chi connectivity index (χ0v) is 8.63. The fraction of sp³-hybridized carbons (Fsp3) is 0.222. The van der Waals surface area contributed by atoms with Crippen LogP contribution in [0.15, 0.2) is 24.3 Å². The summed E-state index contributed by atoms with van der Waals surface area (Å²) in [7, 11) is 0. The minimum absolute atomic E-state index is 0.0464. The summed E-state index contributed by atoms with van der Waals surface area (Å²) in [6.45, 7) is 0. The summed E-state index contributed by atoms with van der Waals surface area (Å²) >= 11 is 2.90. The highest BCUT2D eigenvalue weighted by Crippen LogP contribution is 2.19. The Morgan fingerprint density at radius 2 is 2.21 bits per heavy atom. The topological polar surface area (TPSA) is 26.3 Å². The maximum Gasteiger partial charge on any atom is 0.338 e. The zero-order valence-electron chi connectivity index (χ0n) is 7.04. The maximum atomic E-state index is 12.2. The number of hydrogen-bond acceptors (Lipinski definition) is 2. The molecular formula is C9H7BrF2O2. The van der Waals surface area contributed by atoms with Gasteiger partial charge in [0, 0.05) is 5.56 Å². The monoisotopic (exact) mass is 264 g/mol. The summed E-state index contributed by atoms with van der Waals surface area (Å²) in [5.74, 6) is -0.621. The Morgan fingerprint density at radius 3 is 2.79 bits per heavy atom. The Balaban J connectivity index is 2.88. The second kappa shape index (κ2) is 5.05. The van der Waals surface area contributed by atoms with Crippen LogP contribution >= 0.6 is 15.9 Å². The molecule has 0 aliphatic rings. The lowest BCUT2D eigenvalue weighted by molar-refractivity contribution is 0.0583. The van der Waals surface area contributed by atoms with Crippen molar-refractivity contribution >= 4 is 21.9 Å². The molecule has 0 amide bonds. The molecule has 0 heterocycles. The first-order chi connectivity index (χ1) is 6.65. The summed E-state index contributed by atoms with van der Waals surface area (Å²) in [6.07, 6.45) is -2.58. The van der Waals surface area contributed by atoms with Crippen LogP contribution in [0.4, 0.5) is 8.78 Å². The molecule has 14 heavy (non-hydrogen) atoms. The highest BCUT2D eigenvalue weighted by molar-refractivity contribution is 9.09. The van der Waals surface area contributed by atoms with Crippen molar-refractivity contribution in [3.8, 4) is 0 Å². The molecule has 0 bridgehead atoms. The fourth-order valence-electron chi connectivity index (χ4n) is 0.934. The van der Waals surface area contributed by atoms with Crippen molar-refractivity contribution in [2.45, 2.75) is 6.43 Å². The molecule has 0 fully saturated rings. The molecule has 0 saturated carbocycles. The van der Waals surface area contributed by atoms with E-state index in [1.54, 1.807) is 0 Å². The number of ether oxygens (including phenoxy) is 1. The number of esters is 1. The van der Waals surface area contributed by atoms with Gasteiger partial charge in [-0.2, -0.15) is 0 Å². The molecule has 0 aliphatic heterocycles. The number of halogens is 3. The van der Waals surface area contributed by atoms with Crippen molar-refractivity contribution in [2.75, 3.05) is 5.52 Å². The van der Waals surface area contributed by atoms with Gasteiger partial charge >= 0.3 is 5.97 Å². The van der Waals surface area contributed by atoms with E-state index in [0.717, 1.165) is 6.07 Å². The van der Waals surface area contributed by atoms with Crippen LogP contribution in [0.25, 0.3) is 0 Å². The molecule has 0 saturated heterocycles. The normalized spacial score (nSPS) is 10.3. The van der Waals surface area contributed by atoms with E-state index in [4.69, 9.17) is 0 Å². The Kier molecular flexibility index (Phi) is 4.00. The van der Waals surface area contributed by atoms with E-state index in [1.165, 1.54) is 18.2 Å². The molecule has 76 valence electrons. The van der Waals surface area contributed by atoms with Crippen LogP contribution in [0.2, 0.25) is 0 Å². The average molecular weight is 265 g/mol. The van der Waals surface area contributed by atoms with Crippen LogP contribution in [0, 0.1) is 0 Å². The lowest BCUT2D eigenvalue weighted by atomic mass is 10.1. The number of benzene rings is 1. The van der Waals surface area contributed by atoms with Crippen molar-refractivity contribution in [1.29, 1.82) is 0 Å². The number of carbonyl (C=O) groups excluding carboxylic acids is 1. The molecule has 0 radical (unpaired) electrons. The molecule has 0 N–H and O–H groups in total. The highest BCUT2D eigenvalue weighted by Gasteiger charge is 2.11. The lowest BCUT2D eigenvalue weighted by Crippen LogP contribution is -2.03. The van der Waals surface area contributed by atoms with Crippen molar-refractivity contribution in [1.82, 2.24) is 0 Å². The third-order valence-corrected chi connectivity index (χ3v) is 1.79. The first-order valence-electron chi connectivity index (χ1n) is 3.76. The van der Waals surface area contributed by atoms with E-state index in [1.807, 2.05) is 0 Å². The van der Waals surface area contributed by atoms with Crippen molar-refractivity contribution in [2.24, 2.45) is 0 Å². The number of hydrogen-bond donors (Lipinski definition) is 0. The Morgan fingerprint density at radius 1 is 1.50 bits per heavy atom. The lowest BCUT2D eigenvalue weighted by Gasteiger charge is -2.03. The number of alkyl halides is 3. The van der Waals surface area contributed by atoms with Gasteiger partial charge in [0.15, 0.2) is 0 Å². The van der Waals surface area contributed by atoms with Gasteiger partial charge in [0.05, 0.1) is 5.56 Å². The molecule has 0 aromatic heterocycles. The molecule has 1 aromatic rings. The quantitative estimate of drug-likeness (QED) is 0.620. The summed E-state index contributed by atoms with van der Waals surface area (Å²) in [6, 6.07) is 5.20. The van der Waals surface area contributed by atoms with Crippen LogP contribution in [0.3, 0.4) is 0 Å². The fourth-order valence-corrected chi connectivity index (χ4v) is 1.14. The standard InChI is InChI=1S/C9H7BrF2O2/c10-5-14-9(13)7-3-1-2-6(4-7)8(11)12/h1-4,8H,5H2. The minimum atomic E-state index is -2.58. The van der Waals surface area contributed by atoms with E-state index in [-0.39, 0.29) is 16.6 Å². The number of rotatable bonds is 3. The Bertz CT molecular complexity index is 328. The minimum Gasteiger partial charge on any atom is -0.450 e. The van der Waals surface area contributed by atoms with Gasteiger partial charge in [-0.05, 0) is 28.1 Å². The Hall–Kier alpha value is -0.970. The van der Waals surface area contributed by atoms with Crippen molar-refractivity contribution in [3.05, 3.63) is 35.4 Å². The third kappa shape index (κ3) is 2.77. The van der Waals surface area contributed by atoms with E-state index in [0.29, 0.717) is 0 Å². The SMILES string of the molecule is O=C(OCBr)c1cccc(C(F)F)c1. The van der Waals surface area contributed by atoms with E-state index >= 15 is 0 Å². The molecule has 0 unspecified atom stereocenters. The van der Waals surface area contributed by atoms with Gasteiger partial charge < -0.3 is 4.74 Å². The predicted molar refractivity (Wildman–Crippen MR) is 50.6 cm³/mol. The summed E-state index contributed by atoms with van der Waals surface area (Å²) in [5, 5.41) is 0. The van der Waals surface area contributed by atoms with Gasteiger partial charge in [-0.25, -0.2) is 13.6 Å². The van der Waals surface area contributed by atoms with Crippen molar-refractivity contribution in [3.63, 3.8) is 0 Å². The van der Waals surface area contributed by atoms with Crippen LogP contribution in [0.5, 0.6) is 0 Å². The molecule has 2 nitrogen and oxygen atoms in total. The summed E-state index contributed by atoms with van der Waals surface area (Å²) in [4.78, 5) is 11.1. The molecule has 5 heteroatoms. The summed E-state index contributed by atoms with van der Waals surface area (Å²) in [5.41, 5.74) is -0.0126. The Labute approximate surface area is 88.0 Å². The molecular weight excluding hydrogens is 258 g/mol. The second-order valence-electron chi connectivity index (χ2n) is 2.47. The molecule has 0 atom stereocenters. The van der Waals surface area contributed by atoms with Crippen LogP contribution in [0.1, 0.15) is 22.3 Å². The van der Waals surface area contributed by atoms with Gasteiger partial charge in [0.1, 0.15) is 5.52 Å². The van der Waals surface area contributed by atoms with Gasteiger partial charge in [-0.15, -0.1) is 0 Å². The van der Waals surface area contributed by atoms with Crippen LogP contribution < -0.4 is 0 Å². The summed E-state index contributed by atoms with van der Waals surface area (Å²) < 4.78 is 29.1. The average Bonchev–Trinajstić information content (AvgIpc) is 2.18. The molecule has 0 spiro atoms. The van der Waals surface area contributed by atoms with Crippen LogP contribution in [-0.4, -0.2) is 11.5 Å². The molecule has 1 aromatic carbocycles. The van der Waals surface area contributed by atoms with E-state index in [2.05, 4.69) is 20.7 Å². The first kappa shape index (κ1) is 11.1. The zero-order chi connectivity index (χ0) is 10.6. The van der Waals surface area contributed by atoms with E-state index in [9.17, 15) is 13.6 Å². The number of carbonyl (C=O) groups is 1. The van der Waals surface area contributed by atoms with Crippen molar-refractivity contribution < 1.29 is 18.3 Å². The van der Waals surface area contributed by atoms with Gasteiger partial charge in [-0.3, -0.25) is 0 Å². The third-order valence-electron chi connectivity index (χ3n) is 1.56. The first-order valence-corrected chi connectivity index (χ1v) is 4.88. The van der Waals surface area contributed by atoms with Gasteiger partial charge in [0.2, 0.25) is 0 Å². The van der Waals surface area contributed by atoms with E-state index < -0.39 is 12.4 Å².